The third kappa shape index (κ3) is 3.46. The molecule has 0 radical (unpaired) electrons. The first-order chi connectivity index (χ1) is 8.29. The molecule has 1 atom stereocenters. The van der Waals surface area contributed by atoms with Gasteiger partial charge in [0, 0.05) is 13.1 Å². The summed E-state index contributed by atoms with van der Waals surface area (Å²) >= 11 is 0. The van der Waals surface area contributed by atoms with Crippen LogP contribution in [0.3, 0.4) is 0 Å². The van der Waals surface area contributed by atoms with Crippen LogP contribution in [-0.4, -0.2) is 36.3 Å². The molecular weight excluding hydrogens is 221 g/mol. The summed E-state index contributed by atoms with van der Waals surface area (Å²) < 4.78 is 18.1. The van der Waals surface area contributed by atoms with Crippen molar-refractivity contribution in [3.8, 4) is 0 Å². The maximum atomic E-state index is 12.8. The monoisotopic (exact) mass is 239 g/mol. The van der Waals surface area contributed by atoms with Gasteiger partial charge in [0.25, 0.3) is 0 Å². The van der Waals surface area contributed by atoms with Crippen molar-refractivity contribution in [2.45, 2.75) is 19.4 Å². The van der Waals surface area contributed by atoms with E-state index < -0.39 is 0 Å². The molecule has 5 heteroatoms. The zero-order valence-corrected chi connectivity index (χ0v) is 10.0. The summed E-state index contributed by atoms with van der Waals surface area (Å²) in [6, 6.07) is 3.32. The fraction of sp³-hybridized carbons (Fsp3) is 0.583. The summed E-state index contributed by atoms with van der Waals surface area (Å²) in [4.78, 5) is 4.12. The van der Waals surface area contributed by atoms with Gasteiger partial charge in [-0.25, -0.2) is 14.8 Å². The number of pyridine rings is 1. The van der Waals surface area contributed by atoms with Crippen molar-refractivity contribution in [1.29, 1.82) is 0 Å². The molecule has 0 saturated carbocycles. The largest absolute Gasteiger partial charge is 0.379 e. The van der Waals surface area contributed by atoms with Crippen LogP contribution >= 0.6 is 0 Å². The summed E-state index contributed by atoms with van der Waals surface area (Å²) in [7, 11) is 0. The van der Waals surface area contributed by atoms with Gasteiger partial charge in [-0.1, -0.05) is 6.92 Å². The fourth-order valence-electron chi connectivity index (χ4n) is 1.87. The second-order valence-corrected chi connectivity index (χ2v) is 4.09. The predicted octanol–water partition coefficient (Wildman–Crippen LogP) is 1.51. The maximum Gasteiger partial charge on any atom is 0.141 e. The number of hydrogen-bond acceptors (Lipinski definition) is 4. The topological polar surface area (TPSA) is 37.4 Å². The first-order valence-electron chi connectivity index (χ1n) is 6.00. The molecule has 2 rings (SSSR count). The van der Waals surface area contributed by atoms with Crippen LogP contribution in [0.15, 0.2) is 18.3 Å². The van der Waals surface area contributed by atoms with E-state index in [1.807, 2.05) is 0 Å². The molecule has 1 fully saturated rings. The molecule has 0 amide bonds. The van der Waals surface area contributed by atoms with E-state index in [0.29, 0.717) is 0 Å². The number of morpholine rings is 1. The highest BCUT2D eigenvalue weighted by Gasteiger charge is 2.16. The van der Waals surface area contributed by atoms with Crippen molar-refractivity contribution in [3.63, 3.8) is 0 Å². The zero-order valence-electron chi connectivity index (χ0n) is 10.0. The molecule has 1 aromatic rings. The van der Waals surface area contributed by atoms with Crippen LogP contribution in [0.2, 0.25) is 0 Å². The molecule has 0 aromatic carbocycles. The molecule has 1 N–H and O–H groups in total. The number of hydrogen-bond donors (Lipinski definition) is 1. The standard InChI is InChI=1S/C12H18FN3O/c1-2-11(12-4-3-10(13)9-14-12)15-16-5-7-17-8-6-16/h3-4,9,11,15H,2,5-8H2,1H3. The maximum absolute atomic E-state index is 12.8. The summed E-state index contributed by atoms with van der Waals surface area (Å²) in [5, 5.41) is 2.14. The van der Waals surface area contributed by atoms with Gasteiger partial charge in [0.15, 0.2) is 0 Å². The van der Waals surface area contributed by atoms with Crippen molar-refractivity contribution in [1.82, 2.24) is 15.4 Å². The van der Waals surface area contributed by atoms with E-state index in [0.717, 1.165) is 38.4 Å². The molecule has 4 nitrogen and oxygen atoms in total. The molecular formula is C12H18FN3O. The van der Waals surface area contributed by atoms with Crippen LogP contribution in [0.5, 0.6) is 0 Å². The number of nitrogens with zero attached hydrogens (tertiary/aromatic N) is 2. The molecule has 0 bridgehead atoms. The normalized spacial score (nSPS) is 19.2. The minimum absolute atomic E-state index is 0.133. The summed E-state index contributed by atoms with van der Waals surface area (Å²) in [5.41, 5.74) is 4.29. The van der Waals surface area contributed by atoms with Gasteiger partial charge in [-0.15, -0.1) is 0 Å². The molecule has 0 aliphatic carbocycles. The molecule has 1 unspecified atom stereocenters. The van der Waals surface area contributed by atoms with Gasteiger partial charge in [0.1, 0.15) is 5.82 Å². The zero-order chi connectivity index (χ0) is 12.1. The summed E-state index contributed by atoms with van der Waals surface area (Å²) in [5.74, 6) is -0.296. The molecule has 1 aromatic heterocycles. The highest BCUT2D eigenvalue weighted by molar-refractivity contribution is 5.09. The lowest BCUT2D eigenvalue weighted by Crippen LogP contribution is -2.47. The average molecular weight is 239 g/mol. The lowest BCUT2D eigenvalue weighted by Gasteiger charge is -2.31. The smallest absolute Gasteiger partial charge is 0.141 e. The highest BCUT2D eigenvalue weighted by atomic mass is 19.1. The average Bonchev–Trinajstić information content (AvgIpc) is 2.38. The number of rotatable bonds is 4. The number of hydrazine groups is 1. The van der Waals surface area contributed by atoms with Crippen LogP contribution in [-0.2, 0) is 4.74 Å². The Morgan fingerprint density at radius 2 is 2.24 bits per heavy atom. The van der Waals surface area contributed by atoms with E-state index in [2.05, 4.69) is 22.3 Å². The SMILES string of the molecule is CCC(NN1CCOCC1)c1ccc(F)cn1. The van der Waals surface area contributed by atoms with E-state index in [4.69, 9.17) is 4.74 Å². The van der Waals surface area contributed by atoms with Crippen LogP contribution in [0.1, 0.15) is 25.1 Å². The Kier molecular flexibility index (Phi) is 4.42. The molecule has 17 heavy (non-hydrogen) atoms. The summed E-state index contributed by atoms with van der Waals surface area (Å²) in [6.07, 6.45) is 2.18. The summed E-state index contributed by atoms with van der Waals surface area (Å²) in [6.45, 7) is 5.33. The van der Waals surface area contributed by atoms with Gasteiger partial charge in [0.2, 0.25) is 0 Å². The van der Waals surface area contributed by atoms with Crippen LogP contribution in [0.25, 0.3) is 0 Å². The van der Waals surface area contributed by atoms with E-state index in [1.54, 1.807) is 6.07 Å². The van der Waals surface area contributed by atoms with Crippen molar-refractivity contribution in [2.75, 3.05) is 26.3 Å². The first-order valence-corrected chi connectivity index (χ1v) is 6.00. The van der Waals surface area contributed by atoms with Crippen molar-refractivity contribution in [2.24, 2.45) is 0 Å². The molecule has 1 saturated heterocycles. The quantitative estimate of drug-likeness (QED) is 0.864. The second-order valence-electron chi connectivity index (χ2n) is 4.09. The Labute approximate surface area is 101 Å². The van der Waals surface area contributed by atoms with Gasteiger partial charge in [-0.3, -0.25) is 4.98 Å². The fourth-order valence-corrected chi connectivity index (χ4v) is 1.87. The van der Waals surface area contributed by atoms with Crippen LogP contribution < -0.4 is 5.43 Å². The first kappa shape index (κ1) is 12.4. The molecule has 94 valence electrons. The van der Waals surface area contributed by atoms with Crippen molar-refractivity contribution >= 4 is 0 Å². The molecule has 1 aliphatic heterocycles. The van der Waals surface area contributed by atoms with Crippen molar-refractivity contribution < 1.29 is 9.13 Å². The Hall–Kier alpha value is -1.04. The molecule has 1 aliphatic rings. The lowest BCUT2D eigenvalue weighted by molar-refractivity contribution is 0.00262. The van der Waals surface area contributed by atoms with E-state index in [9.17, 15) is 4.39 Å². The van der Waals surface area contributed by atoms with E-state index in [-0.39, 0.29) is 11.9 Å². The van der Waals surface area contributed by atoms with Crippen LogP contribution in [0.4, 0.5) is 4.39 Å². The minimum Gasteiger partial charge on any atom is -0.379 e. The van der Waals surface area contributed by atoms with E-state index in [1.165, 1.54) is 12.3 Å². The third-order valence-corrected chi connectivity index (χ3v) is 2.87. The van der Waals surface area contributed by atoms with Crippen LogP contribution in [0, 0.1) is 5.82 Å². The van der Waals surface area contributed by atoms with Gasteiger partial charge in [0.05, 0.1) is 31.1 Å². The van der Waals surface area contributed by atoms with Gasteiger partial charge >= 0.3 is 0 Å². The number of ether oxygens (including phenoxy) is 1. The van der Waals surface area contributed by atoms with Gasteiger partial charge < -0.3 is 4.74 Å². The Morgan fingerprint density at radius 3 is 2.82 bits per heavy atom. The van der Waals surface area contributed by atoms with Gasteiger partial charge in [-0.2, -0.15) is 0 Å². The number of nitrogens with one attached hydrogen (secondary N) is 1. The highest BCUT2D eigenvalue weighted by Crippen LogP contribution is 2.15. The van der Waals surface area contributed by atoms with Crippen molar-refractivity contribution in [3.05, 3.63) is 29.8 Å². The Balaban J connectivity index is 1.97. The minimum atomic E-state index is -0.296. The Morgan fingerprint density at radius 1 is 1.47 bits per heavy atom. The second kappa shape index (κ2) is 6.05. The lowest BCUT2D eigenvalue weighted by atomic mass is 10.1. The third-order valence-electron chi connectivity index (χ3n) is 2.87. The Bertz CT molecular complexity index is 338. The number of aromatic nitrogens is 1. The van der Waals surface area contributed by atoms with E-state index >= 15 is 0 Å². The molecule has 0 spiro atoms. The predicted molar refractivity (Wildman–Crippen MR) is 62.8 cm³/mol. The molecule has 2 heterocycles. The number of halogens is 1. The van der Waals surface area contributed by atoms with Gasteiger partial charge in [-0.05, 0) is 18.6 Å².